The van der Waals surface area contributed by atoms with E-state index < -0.39 is 12.1 Å². The maximum absolute atomic E-state index is 11.6. The van der Waals surface area contributed by atoms with Crippen LogP contribution in [-0.4, -0.2) is 44.5 Å². The number of ether oxygens (including phenoxy) is 3. The molecule has 2 rings (SSSR count). The summed E-state index contributed by atoms with van der Waals surface area (Å²) in [7, 11) is 1.61. The first-order valence-electron chi connectivity index (χ1n) is 7.53. The van der Waals surface area contributed by atoms with Gasteiger partial charge >= 0.3 is 5.97 Å². The number of esters is 1. The van der Waals surface area contributed by atoms with Crippen molar-refractivity contribution in [1.82, 2.24) is 0 Å². The van der Waals surface area contributed by atoms with E-state index in [1.165, 1.54) is 0 Å². The minimum atomic E-state index is -0.525. The van der Waals surface area contributed by atoms with Crippen LogP contribution in [0.1, 0.15) is 12.5 Å². The van der Waals surface area contributed by atoms with Crippen molar-refractivity contribution in [3.8, 4) is 0 Å². The lowest BCUT2D eigenvalue weighted by Crippen LogP contribution is -2.52. The van der Waals surface area contributed by atoms with Gasteiger partial charge in [0.2, 0.25) is 0 Å². The topological polar surface area (TPSA) is 70.8 Å². The number of carbonyl (C=O) groups excluding carboxylic acids is 1. The molecule has 23 heavy (non-hydrogen) atoms. The Morgan fingerprint density at radius 3 is 2.70 bits per heavy atom. The van der Waals surface area contributed by atoms with Gasteiger partial charge in [0.25, 0.3) is 0 Å². The van der Waals surface area contributed by atoms with Gasteiger partial charge in [-0.05, 0) is 17.7 Å². The monoisotopic (exact) mass is 339 g/mol. The average molecular weight is 340 g/mol. The minimum absolute atomic E-state index is 0.121. The van der Waals surface area contributed by atoms with Crippen molar-refractivity contribution in [2.75, 3.05) is 20.3 Å². The second-order valence-electron chi connectivity index (χ2n) is 5.54. The lowest BCUT2D eigenvalue weighted by Gasteiger charge is -2.39. The van der Waals surface area contributed by atoms with Crippen LogP contribution in [0, 0.1) is 5.92 Å². The summed E-state index contributed by atoms with van der Waals surface area (Å²) >= 11 is 5.88. The quantitative estimate of drug-likeness (QED) is 0.833. The molecule has 0 spiro atoms. The van der Waals surface area contributed by atoms with Crippen LogP contribution < -0.4 is 5.73 Å². The lowest BCUT2D eigenvalue weighted by atomic mass is 9.93. The molecule has 0 unspecified atom stereocenters. The first-order chi connectivity index (χ1) is 11.0. The first kappa shape index (κ1) is 17.9. The van der Waals surface area contributed by atoms with Gasteiger partial charge in [-0.25, -0.2) is 0 Å². The summed E-state index contributed by atoms with van der Waals surface area (Å²) in [5, 5.41) is 0.680. The molecule has 0 radical (unpaired) electrons. The van der Waals surface area contributed by atoms with E-state index in [0.717, 1.165) is 5.56 Å². The smallest absolute Gasteiger partial charge is 0.320 e. The molecule has 4 atom stereocenters. The zero-order chi connectivity index (χ0) is 16.8. The van der Waals surface area contributed by atoms with Crippen molar-refractivity contribution in [3.63, 3.8) is 0 Å². The highest BCUT2D eigenvalue weighted by Crippen LogP contribution is 2.26. The zero-order valence-corrected chi connectivity index (χ0v) is 14.0. The fourth-order valence-corrected chi connectivity index (χ4v) is 2.73. The molecule has 0 aliphatic carbocycles. The van der Waals surface area contributed by atoms with Gasteiger partial charge in [0.05, 0.1) is 13.2 Å². The normalized spacial score (nSPS) is 28.0. The van der Waals surface area contributed by atoms with Gasteiger partial charge in [0.1, 0.15) is 12.2 Å². The van der Waals surface area contributed by atoms with Crippen molar-refractivity contribution >= 4 is 23.6 Å². The van der Waals surface area contributed by atoms with Crippen LogP contribution in [-0.2, 0) is 19.0 Å². The summed E-state index contributed by atoms with van der Waals surface area (Å²) in [4.78, 5) is 11.6. The lowest BCUT2D eigenvalue weighted by molar-refractivity contribution is -0.189. The summed E-state index contributed by atoms with van der Waals surface area (Å²) in [5.41, 5.74) is 6.33. The number of halogens is 1. The molecule has 1 saturated heterocycles. The molecule has 1 aromatic carbocycles. The Labute approximate surface area is 141 Å². The van der Waals surface area contributed by atoms with Gasteiger partial charge in [0, 0.05) is 18.1 Å². The van der Waals surface area contributed by atoms with Crippen molar-refractivity contribution < 1.29 is 19.0 Å². The van der Waals surface area contributed by atoms with E-state index in [0.29, 0.717) is 11.6 Å². The molecule has 1 aromatic rings. The number of benzene rings is 1. The van der Waals surface area contributed by atoms with Crippen LogP contribution >= 0.6 is 11.6 Å². The van der Waals surface area contributed by atoms with Crippen LogP contribution in [0.15, 0.2) is 30.3 Å². The van der Waals surface area contributed by atoms with Gasteiger partial charge in [-0.2, -0.15) is 0 Å². The van der Waals surface area contributed by atoms with Crippen molar-refractivity contribution in [2.45, 2.75) is 25.2 Å². The standard InChI is InChI=1S/C17H22ClNO4/c1-11-10-22-14(8-5-12-3-6-13(18)7-4-12)17(16(11)21-2)23-15(20)9-19/h3-8,11,14,16-17H,9-10,19H2,1-2H3/b8-5+/t11-,14-,16-,17-/m0/s1. The second kappa shape index (κ2) is 8.45. The Kier molecular flexibility index (Phi) is 6.59. The zero-order valence-electron chi connectivity index (χ0n) is 13.3. The summed E-state index contributed by atoms with van der Waals surface area (Å²) in [6.07, 6.45) is 2.63. The maximum atomic E-state index is 11.6. The molecule has 0 amide bonds. The van der Waals surface area contributed by atoms with Crippen LogP contribution in [0.2, 0.25) is 5.02 Å². The molecule has 1 aliphatic heterocycles. The molecule has 1 aliphatic rings. The van der Waals surface area contributed by atoms with E-state index in [1.54, 1.807) is 7.11 Å². The molecule has 5 nitrogen and oxygen atoms in total. The van der Waals surface area contributed by atoms with Crippen molar-refractivity contribution in [3.05, 3.63) is 40.9 Å². The highest BCUT2D eigenvalue weighted by Gasteiger charge is 2.40. The number of hydrogen-bond donors (Lipinski definition) is 1. The molecule has 0 bridgehead atoms. The van der Waals surface area contributed by atoms with Gasteiger partial charge in [0.15, 0.2) is 6.10 Å². The predicted molar refractivity (Wildman–Crippen MR) is 89.1 cm³/mol. The van der Waals surface area contributed by atoms with Gasteiger partial charge in [-0.3, -0.25) is 4.79 Å². The third-order valence-electron chi connectivity index (χ3n) is 3.81. The average Bonchev–Trinajstić information content (AvgIpc) is 2.55. The van der Waals surface area contributed by atoms with Gasteiger partial charge in [-0.1, -0.05) is 42.8 Å². The van der Waals surface area contributed by atoms with E-state index in [2.05, 4.69) is 0 Å². The number of methoxy groups -OCH3 is 1. The van der Waals surface area contributed by atoms with Crippen LogP contribution in [0.4, 0.5) is 0 Å². The van der Waals surface area contributed by atoms with Crippen LogP contribution in [0.3, 0.4) is 0 Å². The minimum Gasteiger partial charge on any atom is -0.455 e. The number of rotatable bonds is 5. The van der Waals surface area contributed by atoms with Gasteiger partial charge in [-0.15, -0.1) is 0 Å². The molecular weight excluding hydrogens is 318 g/mol. The molecule has 1 heterocycles. The molecular formula is C17H22ClNO4. The Balaban J connectivity index is 2.15. The Morgan fingerprint density at radius 1 is 1.39 bits per heavy atom. The molecule has 2 N–H and O–H groups in total. The van der Waals surface area contributed by atoms with E-state index in [-0.39, 0.29) is 24.7 Å². The summed E-state index contributed by atoms with van der Waals surface area (Å²) in [6.45, 7) is 2.36. The van der Waals surface area contributed by atoms with E-state index in [9.17, 15) is 4.79 Å². The SMILES string of the molecule is CO[C@@H]1[C@@H](OC(=O)CN)[C@H](/C=C/c2ccc(Cl)cc2)OC[C@@H]1C. The Hall–Kier alpha value is -1.40. The highest BCUT2D eigenvalue weighted by molar-refractivity contribution is 6.30. The molecule has 6 heteroatoms. The molecule has 1 fully saturated rings. The highest BCUT2D eigenvalue weighted by atomic mass is 35.5. The molecule has 0 saturated carbocycles. The summed E-state index contributed by atoms with van der Waals surface area (Å²) in [5.74, 6) is -0.351. The first-order valence-corrected chi connectivity index (χ1v) is 7.90. The second-order valence-corrected chi connectivity index (χ2v) is 5.98. The largest absolute Gasteiger partial charge is 0.455 e. The predicted octanol–water partition coefficient (Wildman–Crippen LogP) is 2.27. The maximum Gasteiger partial charge on any atom is 0.320 e. The van der Waals surface area contributed by atoms with Crippen molar-refractivity contribution in [1.29, 1.82) is 0 Å². The third kappa shape index (κ3) is 4.78. The van der Waals surface area contributed by atoms with E-state index in [4.69, 9.17) is 31.5 Å². The Bertz CT molecular complexity index is 546. The fraction of sp³-hybridized carbons (Fsp3) is 0.471. The number of nitrogens with two attached hydrogens (primary N) is 1. The van der Waals surface area contributed by atoms with Crippen molar-refractivity contribution in [2.24, 2.45) is 11.7 Å². The van der Waals surface area contributed by atoms with Crippen LogP contribution in [0.25, 0.3) is 6.08 Å². The van der Waals surface area contributed by atoms with Crippen LogP contribution in [0.5, 0.6) is 0 Å². The number of hydrogen-bond acceptors (Lipinski definition) is 5. The van der Waals surface area contributed by atoms with E-state index >= 15 is 0 Å². The van der Waals surface area contributed by atoms with E-state index in [1.807, 2.05) is 43.3 Å². The summed E-state index contributed by atoms with van der Waals surface area (Å²) < 4.78 is 16.8. The van der Waals surface area contributed by atoms with Gasteiger partial charge < -0.3 is 19.9 Å². The molecule has 126 valence electrons. The molecule has 0 aromatic heterocycles. The third-order valence-corrected chi connectivity index (χ3v) is 4.07. The number of carbonyl (C=O) groups is 1. The summed E-state index contributed by atoms with van der Waals surface area (Å²) in [6, 6.07) is 7.43. The Morgan fingerprint density at radius 2 is 2.09 bits per heavy atom. The fourth-order valence-electron chi connectivity index (χ4n) is 2.61.